The molecular formula is C12H9Cl3CuO5-. The molecule has 21 heavy (non-hydrogen) atoms. The molecule has 0 saturated carbocycles. The van der Waals surface area contributed by atoms with E-state index >= 15 is 0 Å². The van der Waals surface area contributed by atoms with Crippen LogP contribution in [0.2, 0.25) is 15.1 Å². The number of hydrogen-bond acceptors (Lipinski definition) is 5. The second-order valence-corrected chi connectivity index (χ2v) is 4.65. The Morgan fingerprint density at radius 1 is 1.14 bits per heavy atom. The summed E-state index contributed by atoms with van der Waals surface area (Å²) in [6.45, 7) is 3.89. The van der Waals surface area contributed by atoms with Gasteiger partial charge in [-0.3, -0.25) is 0 Å². The van der Waals surface area contributed by atoms with Crippen LogP contribution in [0, 0.1) is 0 Å². The van der Waals surface area contributed by atoms with Gasteiger partial charge in [0.1, 0.15) is 12.4 Å². The number of carboxylic acid groups (broad SMARTS) is 2. The molecular weight excluding hydrogens is 394 g/mol. The normalized spacial score (nSPS) is 8.76. The number of halogens is 3. The number of carbonyl (C=O) groups is 2. The average molecular weight is 403 g/mol. The van der Waals surface area contributed by atoms with Crippen molar-refractivity contribution in [2.24, 2.45) is 0 Å². The molecule has 0 atom stereocenters. The zero-order chi connectivity index (χ0) is 15.9. The van der Waals surface area contributed by atoms with Crippen molar-refractivity contribution in [2.45, 2.75) is 6.92 Å². The first-order valence-corrected chi connectivity index (χ1v) is 6.12. The van der Waals surface area contributed by atoms with Crippen LogP contribution in [0.1, 0.15) is 6.92 Å². The van der Waals surface area contributed by atoms with Gasteiger partial charge >= 0.3 is 17.1 Å². The molecule has 1 rings (SSSR count). The molecule has 0 spiro atoms. The van der Waals surface area contributed by atoms with Crippen LogP contribution in [0.5, 0.6) is 5.75 Å². The van der Waals surface area contributed by atoms with Crippen LogP contribution in [0.15, 0.2) is 24.3 Å². The Bertz CT molecular complexity index is 522. The van der Waals surface area contributed by atoms with E-state index in [0.717, 1.165) is 0 Å². The maximum Gasteiger partial charge on any atom is 1.00 e. The van der Waals surface area contributed by atoms with E-state index in [4.69, 9.17) is 39.5 Å². The molecule has 0 fully saturated rings. The van der Waals surface area contributed by atoms with Crippen molar-refractivity contribution in [1.82, 2.24) is 0 Å². The van der Waals surface area contributed by atoms with Gasteiger partial charge in [0, 0.05) is 6.07 Å². The average Bonchev–Trinajstić information content (AvgIpc) is 2.32. The minimum absolute atomic E-state index is 0. The fourth-order valence-electron chi connectivity index (χ4n) is 0.752. The number of carbonyl (C=O) groups excluding carboxylic acids is 2. The van der Waals surface area contributed by atoms with E-state index in [9.17, 15) is 19.8 Å². The number of benzene rings is 1. The Morgan fingerprint density at radius 2 is 1.57 bits per heavy atom. The molecule has 0 N–H and O–H groups in total. The molecule has 120 valence electrons. The molecule has 0 aromatic heterocycles. The first kappa shape index (κ1) is 22.4. The molecule has 0 unspecified atom stereocenters. The number of aliphatic carboxylic acids is 2. The van der Waals surface area contributed by atoms with Crippen LogP contribution in [0.25, 0.3) is 0 Å². The standard InChI is InChI=1S/C8H5Cl3O3.C4H6O2.Cu/c9-4-1-6(11)7(2-5(4)10)14-3-8(12)13;1-3(2)4(5)6;/h1-2H,3H2,(H,12,13);1H2,2H3,(H,5,6);/q;;+1/p-2. The summed E-state index contributed by atoms with van der Waals surface area (Å²) in [7, 11) is 0. The summed E-state index contributed by atoms with van der Waals surface area (Å²) in [5, 5.41) is 20.3. The van der Waals surface area contributed by atoms with Gasteiger partial charge in [0.25, 0.3) is 0 Å². The van der Waals surface area contributed by atoms with Crippen molar-refractivity contribution in [3.05, 3.63) is 39.4 Å². The van der Waals surface area contributed by atoms with Gasteiger partial charge in [-0.25, -0.2) is 0 Å². The van der Waals surface area contributed by atoms with Crippen molar-refractivity contribution in [3.63, 3.8) is 0 Å². The maximum absolute atomic E-state index is 10.1. The molecule has 1 aromatic rings. The number of hydrogen-bond donors (Lipinski definition) is 0. The molecule has 1 aromatic carbocycles. The van der Waals surface area contributed by atoms with E-state index in [2.05, 4.69) is 6.58 Å². The summed E-state index contributed by atoms with van der Waals surface area (Å²) in [4.78, 5) is 19.6. The van der Waals surface area contributed by atoms with Crippen molar-refractivity contribution in [2.75, 3.05) is 6.61 Å². The van der Waals surface area contributed by atoms with Gasteiger partial charge < -0.3 is 24.5 Å². The van der Waals surface area contributed by atoms with E-state index in [1.165, 1.54) is 19.1 Å². The molecule has 0 bridgehead atoms. The molecule has 0 saturated heterocycles. The summed E-state index contributed by atoms with van der Waals surface area (Å²) in [5.74, 6) is -2.37. The van der Waals surface area contributed by atoms with Crippen LogP contribution in [0.4, 0.5) is 0 Å². The molecule has 0 amide bonds. The van der Waals surface area contributed by atoms with Crippen molar-refractivity contribution in [1.29, 1.82) is 0 Å². The second kappa shape index (κ2) is 10.8. The minimum atomic E-state index is -1.34. The molecule has 0 aliphatic rings. The SMILES string of the molecule is C=C(C)C(=O)[O-].O=C([O-])COc1cc(Cl)c(Cl)cc1Cl.[Cu+]. The predicted molar refractivity (Wildman–Crippen MR) is 71.8 cm³/mol. The van der Waals surface area contributed by atoms with Crippen LogP contribution in [-0.4, -0.2) is 18.5 Å². The van der Waals surface area contributed by atoms with Crippen LogP contribution in [-0.2, 0) is 26.7 Å². The van der Waals surface area contributed by atoms with Crippen molar-refractivity contribution >= 4 is 46.7 Å². The third-order valence-corrected chi connectivity index (χ3v) is 2.69. The monoisotopic (exact) mass is 401 g/mol. The maximum atomic E-state index is 10.1. The zero-order valence-electron chi connectivity index (χ0n) is 10.5. The predicted octanol–water partition coefficient (Wildman–Crippen LogP) is 1.09. The van der Waals surface area contributed by atoms with Gasteiger partial charge in [-0.1, -0.05) is 41.4 Å². The Morgan fingerprint density at radius 3 is 1.95 bits per heavy atom. The summed E-state index contributed by atoms with van der Waals surface area (Å²) < 4.78 is 4.80. The fraction of sp³-hybridized carbons (Fsp3) is 0.167. The fourth-order valence-corrected chi connectivity index (χ4v) is 1.34. The van der Waals surface area contributed by atoms with Gasteiger partial charge in [-0.15, -0.1) is 0 Å². The summed E-state index contributed by atoms with van der Waals surface area (Å²) in [5.41, 5.74) is 0.0648. The second-order valence-electron chi connectivity index (χ2n) is 3.43. The van der Waals surface area contributed by atoms with E-state index in [1.54, 1.807) is 0 Å². The number of ether oxygens (including phenoxy) is 1. The van der Waals surface area contributed by atoms with Crippen LogP contribution in [0.3, 0.4) is 0 Å². The first-order valence-electron chi connectivity index (χ1n) is 4.99. The van der Waals surface area contributed by atoms with Gasteiger partial charge in [-0.2, -0.15) is 0 Å². The molecule has 0 aliphatic carbocycles. The van der Waals surface area contributed by atoms with Gasteiger partial charge in [0.05, 0.1) is 27.0 Å². The third-order valence-electron chi connectivity index (χ3n) is 1.67. The summed E-state index contributed by atoms with van der Waals surface area (Å²) >= 11 is 17.0. The molecule has 0 heterocycles. The minimum Gasteiger partial charge on any atom is -0.546 e. The topological polar surface area (TPSA) is 89.5 Å². The molecule has 5 nitrogen and oxygen atoms in total. The van der Waals surface area contributed by atoms with Crippen LogP contribution < -0.4 is 14.9 Å². The van der Waals surface area contributed by atoms with Gasteiger partial charge in [-0.05, 0) is 18.6 Å². The largest absolute Gasteiger partial charge is 1.00 e. The smallest absolute Gasteiger partial charge is 0.546 e. The number of rotatable bonds is 4. The van der Waals surface area contributed by atoms with E-state index in [1.807, 2.05) is 0 Å². The van der Waals surface area contributed by atoms with Gasteiger partial charge in [0.15, 0.2) is 0 Å². The Kier molecular flexibility index (Phi) is 11.5. The zero-order valence-corrected chi connectivity index (χ0v) is 13.8. The quantitative estimate of drug-likeness (QED) is 0.427. The molecule has 0 radical (unpaired) electrons. The van der Waals surface area contributed by atoms with E-state index in [-0.39, 0.29) is 43.5 Å². The number of carboxylic acids is 2. The Hall–Kier alpha value is -0.911. The first-order chi connectivity index (χ1) is 9.15. The van der Waals surface area contributed by atoms with Crippen LogP contribution >= 0.6 is 34.8 Å². The third kappa shape index (κ3) is 9.61. The summed E-state index contributed by atoms with van der Waals surface area (Å²) in [6, 6.07) is 2.71. The van der Waals surface area contributed by atoms with Gasteiger partial charge in [0.2, 0.25) is 0 Å². The van der Waals surface area contributed by atoms with E-state index in [0.29, 0.717) is 0 Å². The molecule has 0 aliphatic heterocycles. The van der Waals surface area contributed by atoms with Crippen molar-refractivity contribution in [3.8, 4) is 5.75 Å². The Balaban J connectivity index is 0. The Labute approximate surface area is 146 Å². The van der Waals surface area contributed by atoms with Crippen molar-refractivity contribution < 1.29 is 41.6 Å². The molecule has 9 heteroatoms. The summed E-state index contributed by atoms with van der Waals surface area (Å²) in [6.07, 6.45) is 0. The van der Waals surface area contributed by atoms with E-state index < -0.39 is 18.5 Å².